The Morgan fingerprint density at radius 3 is 2.47 bits per heavy atom. The molecule has 0 bridgehead atoms. The summed E-state index contributed by atoms with van der Waals surface area (Å²) in [5.41, 5.74) is 4.07. The Morgan fingerprint density at radius 1 is 1.09 bits per heavy atom. The van der Waals surface area contributed by atoms with E-state index in [0.717, 1.165) is 33.6 Å². The lowest BCUT2D eigenvalue weighted by molar-refractivity contribution is 0.305. The summed E-state index contributed by atoms with van der Waals surface area (Å²) in [4.78, 5) is 14.2. The quantitative estimate of drug-likeness (QED) is 0.302. The van der Waals surface area contributed by atoms with Crippen LogP contribution in [-0.4, -0.2) is 33.8 Å². The van der Waals surface area contributed by atoms with Gasteiger partial charge in [-0.15, -0.1) is 10.2 Å². The Kier molecular flexibility index (Phi) is 6.17. The standard InChI is InChI=1S/C24H25FN4O2S/c1-14-10-20-17(12-22(30)31-21(20)11-15(14)2)13-32-24-27-26-23(16(3)28(4)5)29(24)19-8-6-18(25)7-9-19/h6-12,16H,13H2,1-5H3. The highest BCUT2D eigenvalue weighted by atomic mass is 32.2. The SMILES string of the molecule is Cc1cc2oc(=O)cc(CSc3nnc(C(C)N(C)C)n3-c3ccc(F)cc3)c2cc1C. The number of thioether (sulfide) groups is 1. The molecule has 4 aromatic rings. The third-order valence-electron chi connectivity index (χ3n) is 5.69. The number of aryl methyl sites for hydroxylation is 2. The van der Waals surface area contributed by atoms with Gasteiger partial charge >= 0.3 is 5.63 Å². The van der Waals surface area contributed by atoms with Gasteiger partial charge in [-0.2, -0.15) is 0 Å². The second kappa shape index (κ2) is 8.88. The van der Waals surface area contributed by atoms with Crippen molar-refractivity contribution in [3.8, 4) is 5.69 Å². The molecule has 1 unspecified atom stereocenters. The number of nitrogens with zero attached hydrogens (tertiary/aromatic N) is 4. The topological polar surface area (TPSA) is 64.2 Å². The highest BCUT2D eigenvalue weighted by Crippen LogP contribution is 2.31. The minimum Gasteiger partial charge on any atom is -0.423 e. The van der Waals surface area contributed by atoms with Gasteiger partial charge in [0, 0.05) is 22.9 Å². The molecule has 2 aromatic carbocycles. The first-order valence-electron chi connectivity index (χ1n) is 10.3. The maximum atomic E-state index is 13.5. The highest BCUT2D eigenvalue weighted by Gasteiger charge is 2.21. The average Bonchev–Trinajstić information content (AvgIpc) is 3.17. The molecule has 0 N–H and O–H groups in total. The van der Waals surface area contributed by atoms with Crippen LogP contribution in [0.5, 0.6) is 0 Å². The molecule has 0 aliphatic heterocycles. The third kappa shape index (κ3) is 4.33. The smallest absolute Gasteiger partial charge is 0.336 e. The number of hydrogen-bond donors (Lipinski definition) is 0. The molecule has 0 saturated heterocycles. The average molecular weight is 453 g/mol. The summed E-state index contributed by atoms with van der Waals surface area (Å²) in [6, 6.07) is 11.8. The van der Waals surface area contributed by atoms with Gasteiger partial charge in [0.2, 0.25) is 0 Å². The van der Waals surface area contributed by atoms with Crippen LogP contribution in [0.15, 0.2) is 56.8 Å². The first-order chi connectivity index (χ1) is 15.2. The molecule has 2 heterocycles. The van der Waals surface area contributed by atoms with E-state index in [4.69, 9.17) is 4.42 Å². The fourth-order valence-corrected chi connectivity index (χ4v) is 4.40. The van der Waals surface area contributed by atoms with Crippen molar-refractivity contribution in [1.82, 2.24) is 19.7 Å². The van der Waals surface area contributed by atoms with Crippen molar-refractivity contribution in [1.29, 1.82) is 0 Å². The molecule has 0 amide bonds. The number of rotatable bonds is 6. The van der Waals surface area contributed by atoms with Gasteiger partial charge in [-0.25, -0.2) is 9.18 Å². The summed E-state index contributed by atoms with van der Waals surface area (Å²) in [5.74, 6) is 0.972. The normalized spacial score (nSPS) is 12.6. The van der Waals surface area contributed by atoms with Crippen molar-refractivity contribution < 1.29 is 8.81 Å². The van der Waals surface area contributed by atoms with E-state index < -0.39 is 0 Å². The van der Waals surface area contributed by atoms with Crippen LogP contribution in [0, 0.1) is 19.7 Å². The minimum absolute atomic E-state index is 0.00266. The second-order valence-electron chi connectivity index (χ2n) is 8.10. The molecule has 6 nitrogen and oxygen atoms in total. The van der Waals surface area contributed by atoms with Gasteiger partial charge in [0.05, 0.1) is 6.04 Å². The molecule has 0 radical (unpaired) electrons. The number of aromatic nitrogens is 3. The predicted octanol–water partition coefficient (Wildman–Crippen LogP) is 5.04. The monoisotopic (exact) mass is 452 g/mol. The van der Waals surface area contributed by atoms with E-state index in [-0.39, 0.29) is 17.5 Å². The van der Waals surface area contributed by atoms with Gasteiger partial charge < -0.3 is 4.42 Å². The highest BCUT2D eigenvalue weighted by molar-refractivity contribution is 7.98. The summed E-state index contributed by atoms with van der Waals surface area (Å²) in [6.45, 7) is 6.07. The lowest BCUT2D eigenvalue weighted by atomic mass is 10.0. The summed E-state index contributed by atoms with van der Waals surface area (Å²) in [7, 11) is 3.95. The van der Waals surface area contributed by atoms with E-state index in [1.54, 1.807) is 12.1 Å². The van der Waals surface area contributed by atoms with Gasteiger partial charge in [0.25, 0.3) is 0 Å². The minimum atomic E-state index is -0.377. The maximum Gasteiger partial charge on any atom is 0.336 e. The van der Waals surface area contributed by atoms with Gasteiger partial charge in [-0.3, -0.25) is 9.47 Å². The molecule has 0 fully saturated rings. The van der Waals surface area contributed by atoms with Crippen LogP contribution in [0.25, 0.3) is 16.7 Å². The van der Waals surface area contributed by atoms with E-state index in [2.05, 4.69) is 10.2 Å². The first-order valence-corrected chi connectivity index (χ1v) is 11.3. The molecule has 0 aliphatic carbocycles. The van der Waals surface area contributed by atoms with Crippen LogP contribution in [0.3, 0.4) is 0 Å². The van der Waals surface area contributed by atoms with E-state index >= 15 is 0 Å². The van der Waals surface area contributed by atoms with E-state index in [0.29, 0.717) is 16.5 Å². The first kappa shape index (κ1) is 22.2. The van der Waals surface area contributed by atoms with E-state index in [1.807, 2.05) is 56.5 Å². The Morgan fingerprint density at radius 2 is 1.78 bits per heavy atom. The van der Waals surface area contributed by atoms with Crippen LogP contribution in [0.2, 0.25) is 0 Å². The van der Waals surface area contributed by atoms with Crippen LogP contribution in [-0.2, 0) is 5.75 Å². The van der Waals surface area contributed by atoms with Gasteiger partial charge in [-0.05, 0) is 88.0 Å². The second-order valence-corrected chi connectivity index (χ2v) is 9.05. The molecule has 32 heavy (non-hydrogen) atoms. The zero-order valence-electron chi connectivity index (χ0n) is 18.7. The molecule has 8 heteroatoms. The molecule has 0 aliphatic rings. The largest absolute Gasteiger partial charge is 0.423 e. The summed E-state index contributed by atoms with van der Waals surface area (Å²) in [6.07, 6.45) is 0. The Hall–Kier alpha value is -2.97. The van der Waals surface area contributed by atoms with Crippen molar-refractivity contribution >= 4 is 22.7 Å². The number of halogens is 1. The zero-order valence-corrected chi connectivity index (χ0v) is 19.5. The van der Waals surface area contributed by atoms with Crippen molar-refractivity contribution in [2.75, 3.05) is 14.1 Å². The van der Waals surface area contributed by atoms with Crippen molar-refractivity contribution in [2.45, 2.75) is 37.7 Å². The van der Waals surface area contributed by atoms with Crippen LogP contribution in [0.4, 0.5) is 4.39 Å². The molecular weight excluding hydrogens is 427 g/mol. The van der Waals surface area contributed by atoms with Crippen molar-refractivity contribution in [3.63, 3.8) is 0 Å². The molecule has 166 valence electrons. The Labute approximate surface area is 190 Å². The lowest BCUT2D eigenvalue weighted by Crippen LogP contribution is -2.20. The van der Waals surface area contributed by atoms with Gasteiger partial charge in [0.15, 0.2) is 11.0 Å². The zero-order chi connectivity index (χ0) is 23.0. The molecule has 4 rings (SSSR count). The van der Waals surface area contributed by atoms with Gasteiger partial charge in [-0.1, -0.05) is 11.8 Å². The van der Waals surface area contributed by atoms with Crippen molar-refractivity contribution in [2.24, 2.45) is 0 Å². The Bertz CT molecular complexity index is 1330. The summed E-state index contributed by atoms with van der Waals surface area (Å²) in [5, 5.41) is 10.4. The van der Waals surface area contributed by atoms with Crippen molar-refractivity contribution in [3.05, 3.63) is 81.2 Å². The summed E-state index contributed by atoms with van der Waals surface area (Å²) >= 11 is 1.48. The number of benzene rings is 2. The fourth-order valence-electron chi connectivity index (χ4n) is 3.45. The molecule has 2 aromatic heterocycles. The summed E-state index contributed by atoms with van der Waals surface area (Å²) < 4.78 is 20.9. The lowest BCUT2D eigenvalue weighted by Gasteiger charge is -2.20. The predicted molar refractivity (Wildman–Crippen MR) is 125 cm³/mol. The van der Waals surface area contributed by atoms with Crippen LogP contribution < -0.4 is 5.63 Å². The fraction of sp³-hybridized carbons (Fsp3) is 0.292. The molecule has 1 atom stereocenters. The van der Waals surface area contributed by atoms with Gasteiger partial charge in [0.1, 0.15) is 11.4 Å². The maximum absolute atomic E-state index is 13.5. The molecule has 0 saturated carbocycles. The molecule has 0 spiro atoms. The van der Waals surface area contributed by atoms with Crippen LogP contribution in [0.1, 0.15) is 35.5 Å². The van der Waals surface area contributed by atoms with Crippen LogP contribution >= 0.6 is 11.8 Å². The number of hydrogen-bond acceptors (Lipinski definition) is 6. The van der Waals surface area contributed by atoms with E-state index in [1.165, 1.54) is 30.0 Å². The third-order valence-corrected chi connectivity index (χ3v) is 6.67. The number of fused-ring (bicyclic) bond motifs is 1. The van der Waals surface area contributed by atoms with E-state index in [9.17, 15) is 9.18 Å². The molecular formula is C24H25FN4O2S. The Balaban J connectivity index is 1.75.